The quantitative estimate of drug-likeness (QED) is 0.786. The van der Waals surface area contributed by atoms with E-state index in [1.165, 1.54) is 0 Å². The molecule has 2 rings (SSSR count). The van der Waals surface area contributed by atoms with Gasteiger partial charge in [-0.15, -0.1) is 0 Å². The molecule has 0 spiro atoms. The molecule has 1 atom stereocenters. The molecule has 1 aromatic rings. The van der Waals surface area contributed by atoms with E-state index in [1.807, 2.05) is 51.1 Å². The fourth-order valence-electron chi connectivity index (χ4n) is 1.80. The highest BCUT2D eigenvalue weighted by atomic mass is 16.8. The zero-order valence-electron chi connectivity index (χ0n) is 10.0. The van der Waals surface area contributed by atoms with Crippen molar-refractivity contribution in [2.24, 2.45) is 0 Å². The summed E-state index contributed by atoms with van der Waals surface area (Å²) in [5.74, 6) is 0.353. The first-order chi connectivity index (χ1) is 7.49. The van der Waals surface area contributed by atoms with Crippen molar-refractivity contribution >= 4 is 0 Å². The summed E-state index contributed by atoms with van der Waals surface area (Å²) in [6.07, 6.45) is 0. The topological polar surface area (TPSA) is 27.7 Å². The van der Waals surface area contributed by atoms with Crippen molar-refractivity contribution in [2.45, 2.75) is 32.2 Å². The SMILES string of the molecule is CC1(COc2ccccc2)COC(C)(C)O1. The molecule has 0 amide bonds. The molecule has 3 heteroatoms. The van der Waals surface area contributed by atoms with Crippen molar-refractivity contribution in [3.05, 3.63) is 30.3 Å². The van der Waals surface area contributed by atoms with Gasteiger partial charge in [-0.1, -0.05) is 18.2 Å². The molecule has 0 bridgehead atoms. The molecule has 1 aromatic carbocycles. The minimum atomic E-state index is -0.505. The Morgan fingerprint density at radius 3 is 2.44 bits per heavy atom. The second-order valence-corrected chi connectivity index (χ2v) is 4.84. The lowest BCUT2D eigenvalue weighted by molar-refractivity contribution is -0.162. The third kappa shape index (κ3) is 2.74. The number of ether oxygens (including phenoxy) is 3. The number of rotatable bonds is 3. The molecule has 0 saturated carbocycles. The van der Waals surface area contributed by atoms with Gasteiger partial charge < -0.3 is 14.2 Å². The molecule has 88 valence electrons. The second-order valence-electron chi connectivity index (χ2n) is 4.84. The Bertz CT molecular complexity index is 347. The summed E-state index contributed by atoms with van der Waals surface area (Å²) in [4.78, 5) is 0. The molecule has 1 aliphatic heterocycles. The summed E-state index contributed by atoms with van der Waals surface area (Å²) < 4.78 is 17.0. The van der Waals surface area contributed by atoms with Crippen molar-refractivity contribution in [1.82, 2.24) is 0 Å². The van der Waals surface area contributed by atoms with E-state index in [2.05, 4.69) is 0 Å². The van der Waals surface area contributed by atoms with Crippen LogP contribution in [-0.4, -0.2) is 24.6 Å². The molecule has 1 heterocycles. The predicted molar refractivity (Wildman–Crippen MR) is 61.5 cm³/mol. The minimum Gasteiger partial charge on any atom is -0.491 e. The standard InChI is InChI=1S/C13H18O3/c1-12(2)15-10-13(3,16-12)9-14-11-7-5-4-6-8-11/h4-8H,9-10H2,1-3H3. The first-order valence-corrected chi connectivity index (χ1v) is 5.51. The number of hydrogen-bond donors (Lipinski definition) is 0. The Balaban J connectivity index is 1.91. The summed E-state index contributed by atoms with van der Waals surface area (Å²) in [5.41, 5.74) is -0.362. The molecule has 16 heavy (non-hydrogen) atoms. The van der Waals surface area contributed by atoms with E-state index in [9.17, 15) is 0 Å². The van der Waals surface area contributed by atoms with E-state index < -0.39 is 5.79 Å². The van der Waals surface area contributed by atoms with E-state index in [-0.39, 0.29) is 5.60 Å². The van der Waals surface area contributed by atoms with E-state index >= 15 is 0 Å². The van der Waals surface area contributed by atoms with Gasteiger partial charge in [0.05, 0.1) is 6.61 Å². The highest BCUT2D eigenvalue weighted by molar-refractivity contribution is 5.21. The monoisotopic (exact) mass is 222 g/mol. The summed E-state index contributed by atoms with van der Waals surface area (Å²) in [7, 11) is 0. The largest absolute Gasteiger partial charge is 0.491 e. The maximum atomic E-state index is 5.81. The molecule has 0 aromatic heterocycles. The van der Waals surface area contributed by atoms with Crippen LogP contribution in [0.2, 0.25) is 0 Å². The third-order valence-corrected chi connectivity index (χ3v) is 2.50. The van der Waals surface area contributed by atoms with E-state index in [0.29, 0.717) is 13.2 Å². The van der Waals surface area contributed by atoms with Crippen LogP contribution in [0.5, 0.6) is 5.75 Å². The number of para-hydroxylation sites is 1. The van der Waals surface area contributed by atoms with Crippen LogP contribution in [0.4, 0.5) is 0 Å². The van der Waals surface area contributed by atoms with Crippen LogP contribution in [0.3, 0.4) is 0 Å². The van der Waals surface area contributed by atoms with Crippen molar-refractivity contribution in [3.8, 4) is 5.75 Å². The summed E-state index contributed by atoms with van der Waals surface area (Å²) >= 11 is 0. The van der Waals surface area contributed by atoms with Gasteiger partial charge in [0.15, 0.2) is 5.79 Å². The third-order valence-electron chi connectivity index (χ3n) is 2.50. The highest BCUT2D eigenvalue weighted by Crippen LogP contribution is 2.31. The van der Waals surface area contributed by atoms with Crippen molar-refractivity contribution in [2.75, 3.05) is 13.2 Å². The lowest BCUT2D eigenvalue weighted by atomic mass is 10.1. The van der Waals surface area contributed by atoms with Crippen molar-refractivity contribution < 1.29 is 14.2 Å². The van der Waals surface area contributed by atoms with Gasteiger partial charge in [0.1, 0.15) is 18.0 Å². The number of hydrogen-bond acceptors (Lipinski definition) is 3. The van der Waals surface area contributed by atoms with Crippen LogP contribution in [0.25, 0.3) is 0 Å². The smallest absolute Gasteiger partial charge is 0.163 e. The molecule has 3 nitrogen and oxygen atoms in total. The lowest BCUT2D eigenvalue weighted by Crippen LogP contribution is -2.37. The molecule has 1 aliphatic rings. The predicted octanol–water partition coefficient (Wildman–Crippen LogP) is 2.61. The maximum Gasteiger partial charge on any atom is 0.163 e. The highest BCUT2D eigenvalue weighted by Gasteiger charge is 2.42. The van der Waals surface area contributed by atoms with E-state index in [1.54, 1.807) is 0 Å². The van der Waals surface area contributed by atoms with Crippen LogP contribution < -0.4 is 4.74 Å². The van der Waals surface area contributed by atoms with Gasteiger partial charge in [-0.3, -0.25) is 0 Å². The fraction of sp³-hybridized carbons (Fsp3) is 0.538. The van der Waals surface area contributed by atoms with Crippen LogP contribution >= 0.6 is 0 Å². The first-order valence-electron chi connectivity index (χ1n) is 5.51. The zero-order valence-corrected chi connectivity index (χ0v) is 10.0. The van der Waals surface area contributed by atoms with Crippen molar-refractivity contribution in [1.29, 1.82) is 0 Å². The Morgan fingerprint density at radius 1 is 1.19 bits per heavy atom. The second kappa shape index (κ2) is 4.07. The fourth-order valence-corrected chi connectivity index (χ4v) is 1.80. The normalized spacial score (nSPS) is 27.9. The maximum absolute atomic E-state index is 5.81. The Kier molecular flexibility index (Phi) is 2.91. The molecule has 1 fully saturated rings. The van der Waals surface area contributed by atoms with Gasteiger partial charge in [0.25, 0.3) is 0 Å². The lowest BCUT2D eigenvalue weighted by Gasteiger charge is -2.25. The average Bonchev–Trinajstić information content (AvgIpc) is 2.53. The van der Waals surface area contributed by atoms with Gasteiger partial charge in [0.2, 0.25) is 0 Å². The van der Waals surface area contributed by atoms with Crippen LogP contribution in [0.1, 0.15) is 20.8 Å². The summed E-state index contributed by atoms with van der Waals surface area (Å²) in [5, 5.41) is 0. The van der Waals surface area contributed by atoms with Crippen LogP contribution in [0.15, 0.2) is 30.3 Å². The number of benzene rings is 1. The van der Waals surface area contributed by atoms with Gasteiger partial charge in [-0.05, 0) is 32.9 Å². The molecule has 0 aliphatic carbocycles. The molecule has 0 radical (unpaired) electrons. The Labute approximate surface area is 96.3 Å². The molecular formula is C13H18O3. The van der Waals surface area contributed by atoms with Gasteiger partial charge >= 0.3 is 0 Å². The van der Waals surface area contributed by atoms with Gasteiger partial charge in [-0.25, -0.2) is 0 Å². The minimum absolute atomic E-state index is 0.362. The van der Waals surface area contributed by atoms with Gasteiger partial charge in [0, 0.05) is 0 Å². The average molecular weight is 222 g/mol. The molecular weight excluding hydrogens is 204 g/mol. The van der Waals surface area contributed by atoms with Crippen LogP contribution in [0, 0.1) is 0 Å². The summed E-state index contributed by atoms with van der Waals surface area (Å²) in [6, 6.07) is 9.74. The molecule has 1 unspecified atom stereocenters. The molecule has 1 saturated heterocycles. The van der Waals surface area contributed by atoms with E-state index in [4.69, 9.17) is 14.2 Å². The van der Waals surface area contributed by atoms with E-state index in [0.717, 1.165) is 5.75 Å². The Morgan fingerprint density at radius 2 is 1.88 bits per heavy atom. The first kappa shape index (κ1) is 11.4. The van der Waals surface area contributed by atoms with Crippen LogP contribution in [-0.2, 0) is 9.47 Å². The Hall–Kier alpha value is -1.06. The van der Waals surface area contributed by atoms with Gasteiger partial charge in [-0.2, -0.15) is 0 Å². The molecule has 0 N–H and O–H groups in total. The van der Waals surface area contributed by atoms with Crippen molar-refractivity contribution in [3.63, 3.8) is 0 Å². The summed E-state index contributed by atoms with van der Waals surface area (Å²) in [6.45, 7) is 6.90. The zero-order chi connectivity index (χ0) is 11.6.